The van der Waals surface area contributed by atoms with Crippen LogP contribution in [0.1, 0.15) is 22.4 Å². The van der Waals surface area contributed by atoms with Gasteiger partial charge in [0.25, 0.3) is 11.2 Å². The molecule has 0 N–H and O–H groups in total. The standard InChI is InChI=1S/C16H12N4O5/c1-9-3-10(2)19(16(21)12(9)6-17)18-7-11-4-14-15(25-8-24-14)5-13(11)20(22)23/h3-5,7H,8H2,1-2H3/b18-7+. The number of pyridine rings is 1. The van der Waals surface area contributed by atoms with E-state index in [1.54, 1.807) is 19.9 Å². The number of benzene rings is 1. The maximum atomic E-state index is 12.3. The molecule has 0 saturated carbocycles. The lowest BCUT2D eigenvalue weighted by molar-refractivity contribution is -0.385. The minimum absolute atomic E-state index is 0.0187. The Morgan fingerprint density at radius 2 is 2.00 bits per heavy atom. The third kappa shape index (κ3) is 2.81. The second-order valence-corrected chi connectivity index (χ2v) is 5.34. The molecule has 0 aliphatic carbocycles. The van der Waals surface area contributed by atoms with Crippen LogP contribution in [0.15, 0.2) is 28.1 Å². The van der Waals surface area contributed by atoms with Crippen LogP contribution in [0.5, 0.6) is 11.5 Å². The van der Waals surface area contributed by atoms with Gasteiger partial charge >= 0.3 is 0 Å². The molecular weight excluding hydrogens is 328 g/mol. The number of nitro groups is 1. The van der Waals surface area contributed by atoms with E-state index in [1.807, 2.05) is 6.07 Å². The van der Waals surface area contributed by atoms with Crippen LogP contribution in [-0.2, 0) is 0 Å². The molecule has 0 radical (unpaired) electrons. The van der Waals surface area contributed by atoms with Crippen molar-refractivity contribution >= 4 is 11.9 Å². The van der Waals surface area contributed by atoms with Gasteiger partial charge in [-0.15, -0.1) is 0 Å². The molecule has 3 rings (SSSR count). The summed E-state index contributed by atoms with van der Waals surface area (Å²) in [7, 11) is 0. The lowest BCUT2D eigenvalue weighted by Crippen LogP contribution is -2.22. The fourth-order valence-corrected chi connectivity index (χ4v) is 2.49. The third-order valence-corrected chi connectivity index (χ3v) is 3.70. The van der Waals surface area contributed by atoms with Gasteiger partial charge in [0, 0.05) is 5.69 Å². The van der Waals surface area contributed by atoms with Gasteiger partial charge in [-0.05, 0) is 31.5 Å². The molecule has 0 fully saturated rings. The highest BCUT2D eigenvalue weighted by molar-refractivity contribution is 5.87. The van der Waals surface area contributed by atoms with E-state index in [0.29, 0.717) is 17.0 Å². The van der Waals surface area contributed by atoms with Crippen LogP contribution >= 0.6 is 0 Å². The van der Waals surface area contributed by atoms with Crippen molar-refractivity contribution in [3.05, 3.63) is 61.1 Å². The van der Waals surface area contributed by atoms with Crippen molar-refractivity contribution in [1.82, 2.24) is 4.68 Å². The number of nitro benzene ring substituents is 1. The highest BCUT2D eigenvalue weighted by atomic mass is 16.7. The predicted molar refractivity (Wildman–Crippen MR) is 87.1 cm³/mol. The molecule has 9 heteroatoms. The first-order valence-electron chi connectivity index (χ1n) is 7.18. The maximum absolute atomic E-state index is 12.3. The predicted octanol–water partition coefficient (Wildman–Crippen LogP) is 1.86. The van der Waals surface area contributed by atoms with Crippen LogP contribution in [0.25, 0.3) is 0 Å². The minimum Gasteiger partial charge on any atom is -0.454 e. The molecule has 1 aromatic carbocycles. The van der Waals surface area contributed by atoms with Crippen molar-refractivity contribution in [3.8, 4) is 17.6 Å². The van der Waals surface area contributed by atoms with Crippen LogP contribution in [0.4, 0.5) is 5.69 Å². The van der Waals surface area contributed by atoms with E-state index >= 15 is 0 Å². The molecule has 25 heavy (non-hydrogen) atoms. The van der Waals surface area contributed by atoms with Crippen LogP contribution in [0, 0.1) is 35.3 Å². The third-order valence-electron chi connectivity index (χ3n) is 3.70. The highest BCUT2D eigenvalue weighted by Gasteiger charge is 2.22. The maximum Gasteiger partial charge on any atom is 0.289 e. The smallest absolute Gasteiger partial charge is 0.289 e. The molecule has 0 bridgehead atoms. The van der Waals surface area contributed by atoms with Gasteiger partial charge in [0.05, 0.1) is 22.8 Å². The van der Waals surface area contributed by atoms with E-state index in [4.69, 9.17) is 14.7 Å². The Morgan fingerprint density at radius 3 is 2.64 bits per heavy atom. The molecule has 0 spiro atoms. The lowest BCUT2D eigenvalue weighted by atomic mass is 10.1. The number of hydrogen-bond donors (Lipinski definition) is 0. The second kappa shape index (κ2) is 6.09. The fourth-order valence-electron chi connectivity index (χ4n) is 2.49. The molecule has 0 amide bonds. The minimum atomic E-state index is -0.584. The summed E-state index contributed by atoms with van der Waals surface area (Å²) in [6, 6.07) is 6.15. The highest BCUT2D eigenvalue weighted by Crippen LogP contribution is 2.37. The normalized spacial score (nSPS) is 12.4. The molecular formula is C16H12N4O5. The Hall–Kier alpha value is -3.67. The fraction of sp³-hybridized carbons (Fsp3) is 0.188. The number of nitrogens with zero attached hydrogens (tertiary/aromatic N) is 4. The summed E-state index contributed by atoms with van der Waals surface area (Å²) in [5.74, 6) is 0.636. The van der Waals surface area contributed by atoms with Gasteiger partial charge in [-0.2, -0.15) is 10.4 Å². The molecule has 126 valence electrons. The largest absolute Gasteiger partial charge is 0.454 e. The van der Waals surface area contributed by atoms with Gasteiger partial charge < -0.3 is 9.47 Å². The molecule has 2 heterocycles. The second-order valence-electron chi connectivity index (χ2n) is 5.34. The van der Waals surface area contributed by atoms with Gasteiger partial charge in [0.2, 0.25) is 6.79 Å². The zero-order chi connectivity index (χ0) is 18.1. The molecule has 0 unspecified atom stereocenters. The SMILES string of the molecule is Cc1cc(C)n(/N=C/c2cc3c(cc2[N+](=O)[O-])OCO3)c(=O)c1C#N. The summed E-state index contributed by atoms with van der Waals surface area (Å²) in [5, 5.41) is 24.4. The van der Waals surface area contributed by atoms with Crippen molar-refractivity contribution in [1.29, 1.82) is 5.26 Å². The monoisotopic (exact) mass is 340 g/mol. The van der Waals surface area contributed by atoms with E-state index in [-0.39, 0.29) is 29.4 Å². The number of ether oxygens (including phenoxy) is 2. The molecule has 0 saturated heterocycles. The van der Waals surface area contributed by atoms with Gasteiger partial charge in [0.15, 0.2) is 11.5 Å². The first-order chi connectivity index (χ1) is 11.9. The number of aryl methyl sites for hydroxylation is 2. The molecule has 1 aliphatic rings. The topological polar surface area (TPSA) is 120 Å². The Labute approximate surface area is 141 Å². The molecule has 2 aromatic rings. The number of aromatic nitrogens is 1. The van der Waals surface area contributed by atoms with Crippen molar-refractivity contribution in [2.45, 2.75) is 13.8 Å². The summed E-state index contributed by atoms with van der Waals surface area (Å²) in [6.45, 7) is 3.29. The van der Waals surface area contributed by atoms with Crippen LogP contribution < -0.4 is 15.0 Å². The molecule has 1 aliphatic heterocycles. The number of nitriles is 1. The van der Waals surface area contributed by atoms with Gasteiger partial charge in [0.1, 0.15) is 11.6 Å². The summed E-state index contributed by atoms with van der Waals surface area (Å²) < 4.78 is 11.4. The summed E-state index contributed by atoms with van der Waals surface area (Å²) >= 11 is 0. The first kappa shape index (κ1) is 16.2. The van der Waals surface area contributed by atoms with Crippen LogP contribution in [0.2, 0.25) is 0 Å². The van der Waals surface area contributed by atoms with Crippen molar-refractivity contribution in [2.24, 2.45) is 5.10 Å². The van der Waals surface area contributed by atoms with Gasteiger partial charge in [-0.25, -0.2) is 4.68 Å². The average Bonchev–Trinajstić information content (AvgIpc) is 3.01. The van der Waals surface area contributed by atoms with Crippen LogP contribution in [-0.4, -0.2) is 22.6 Å². The van der Waals surface area contributed by atoms with E-state index in [1.165, 1.54) is 18.3 Å². The van der Waals surface area contributed by atoms with Gasteiger partial charge in [-0.1, -0.05) is 0 Å². The molecule has 0 atom stereocenters. The Morgan fingerprint density at radius 1 is 1.32 bits per heavy atom. The van der Waals surface area contributed by atoms with Gasteiger partial charge in [-0.3, -0.25) is 14.9 Å². The van der Waals surface area contributed by atoms with E-state index in [2.05, 4.69) is 5.10 Å². The summed E-state index contributed by atoms with van der Waals surface area (Å²) in [4.78, 5) is 23.0. The zero-order valence-corrected chi connectivity index (χ0v) is 13.3. The molecule has 9 nitrogen and oxygen atoms in total. The Balaban J connectivity index is 2.11. The number of rotatable bonds is 3. The summed E-state index contributed by atoms with van der Waals surface area (Å²) in [6.07, 6.45) is 1.19. The van der Waals surface area contributed by atoms with Crippen molar-refractivity contribution < 1.29 is 14.4 Å². The van der Waals surface area contributed by atoms with Crippen molar-refractivity contribution in [2.75, 3.05) is 6.79 Å². The Kier molecular flexibility index (Phi) is 3.94. The first-order valence-corrected chi connectivity index (χ1v) is 7.18. The quantitative estimate of drug-likeness (QED) is 0.478. The average molecular weight is 340 g/mol. The van der Waals surface area contributed by atoms with E-state index < -0.39 is 10.5 Å². The van der Waals surface area contributed by atoms with E-state index in [0.717, 1.165) is 4.68 Å². The Bertz CT molecular complexity index is 1020. The summed E-state index contributed by atoms with van der Waals surface area (Å²) in [5.41, 5.74) is 0.361. The van der Waals surface area contributed by atoms with Crippen LogP contribution in [0.3, 0.4) is 0 Å². The molecule has 1 aromatic heterocycles. The number of fused-ring (bicyclic) bond motifs is 1. The van der Waals surface area contributed by atoms with Crippen molar-refractivity contribution in [3.63, 3.8) is 0 Å². The lowest BCUT2D eigenvalue weighted by Gasteiger charge is -2.06. The zero-order valence-electron chi connectivity index (χ0n) is 13.3. The van der Waals surface area contributed by atoms with E-state index in [9.17, 15) is 14.9 Å². The number of hydrogen-bond acceptors (Lipinski definition) is 7.